The first kappa shape index (κ1) is 16.3. The van der Waals surface area contributed by atoms with E-state index in [1.165, 1.54) is 6.26 Å². The second-order valence-electron chi connectivity index (χ2n) is 5.21. The molecule has 0 aliphatic rings. The third kappa shape index (κ3) is 4.46. The van der Waals surface area contributed by atoms with E-state index in [4.69, 9.17) is 4.42 Å². The number of carbonyl (C=O) groups excluding carboxylic acids is 1. The number of sulfone groups is 1. The largest absolute Gasteiger partial charge is 0.469 e. The average Bonchev–Trinajstić information content (AvgIpc) is 2.97. The minimum Gasteiger partial charge on any atom is -0.469 e. The molecule has 2 aromatic rings. The van der Waals surface area contributed by atoms with E-state index < -0.39 is 9.84 Å². The number of furan rings is 1. The maximum Gasteiger partial charge on any atom is 0.220 e. The van der Waals surface area contributed by atoms with Crippen molar-refractivity contribution in [3.8, 4) is 0 Å². The van der Waals surface area contributed by atoms with Crippen LogP contribution >= 0.6 is 0 Å². The van der Waals surface area contributed by atoms with Crippen LogP contribution in [0.25, 0.3) is 0 Å². The van der Waals surface area contributed by atoms with E-state index in [1.807, 2.05) is 13.0 Å². The third-order valence-electron chi connectivity index (χ3n) is 3.36. The van der Waals surface area contributed by atoms with Crippen molar-refractivity contribution in [3.05, 3.63) is 54.0 Å². The summed E-state index contributed by atoms with van der Waals surface area (Å²) in [7, 11) is -3.20. The van der Waals surface area contributed by atoms with Gasteiger partial charge in [0.05, 0.1) is 17.2 Å². The maximum atomic E-state index is 11.9. The number of hydrogen-bond donors (Lipinski definition) is 1. The molecule has 1 amide bonds. The van der Waals surface area contributed by atoms with Crippen molar-refractivity contribution >= 4 is 15.7 Å². The lowest BCUT2D eigenvalue weighted by Gasteiger charge is -2.14. The third-order valence-corrected chi connectivity index (χ3v) is 4.49. The van der Waals surface area contributed by atoms with Crippen molar-refractivity contribution in [3.63, 3.8) is 0 Å². The first-order valence-electron chi connectivity index (χ1n) is 6.98. The van der Waals surface area contributed by atoms with Gasteiger partial charge in [0.15, 0.2) is 9.84 Å². The predicted octanol–water partition coefficient (Wildman–Crippen LogP) is 2.49. The standard InChI is InChI=1S/C16H19NO4S/c1-12(13-5-8-15(9-6-13)22(2,19)20)17-16(18)10-7-14-4-3-11-21-14/h3-6,8-9,11-12H,7,10H2,1-2H3,(H,17,18). The first-order chi connectivity index (χ1) is 10.4. The highest BCUT2D eigenvalue weighted by atomic mass is 32.2. The molecular weight excluding hydrogens is 302 g/mol. The molecule has 0 saturated carbocycles. The highest BCUT2D eigenvalue weighted by molar-refractivity contribution is 7.90. The molecule has 1 atom stereocenters. The van der Waals surface area contributed by atoms with Gasteiger partial charge in [0, 0.05) is 19.1 Å². The molecule has 0 aliphatic heterocycles. The summed E-state index contributed by atoms with van der Waals surface area (Å²) in [6.07, 6.45) is 3.65. The quantitative estimate of drug-likeness (QED) is 0.887. The van der Waals surface area contributed by atoms with Crippen LogP contribution in [0.15, 0.2) is 52.0 Å². The Morgan fingerprint density at radius 3 is 2.45 bits per heavy atom. The van der Waals surface area contributed by atoms with Crippen molar-refractivity contribution in [2.45, 2.75) is 30.7 Å². The molecule has 0 fully saturated rings. The van der Waals surface area contributed by atoms with Gasteiger partial charge in [-0.3, -0.25) is 4.79 Å². The molecule has 0 spiro atoms. The molecule has 22 heavy (non-hydrogen) atoms. The van der Waals surface area contributed by atoms with Crippen LogP contribution < -0.4 is 5.32 Å². The molecule has 1 unspecified atom stereocenters. The van der Waals surface area contributed by atoms with Gasteiger partial charge in [-0.15, -0.1) is 0 Å². The molecule has 1 N–H and O–H groups in total. The minimum absolute atomic E-state index is 0.0731. The fourth-order valence-corrected chi connectivity index (χ4v) is 2.72. The van der Waals surface area contributed by atoms with Gasteiger partial charge in [-0.25, -0.2) is 8.42 Å². The molecule has 2 rings (SSSR count). The normalized spacial score (nSPS) is 12.8. The van der Waals surface area contributed by atoms with Gasteiger partial charge < -0.3 is 9.73 Å². The molecule has 6 heteroatoms. The van der Waals surface area contributed by atoms with Gasteiger partial charge in [0.1, 0.15) is 5.76 Å². The summed E-state index contributed by atoms with van der Waals surface area (Å²) in [6.45, 7) is 1.86. The molecular formula is C16H19NO4S. The number of hydrogen-bond acceptors (Lipinski definition) is 4. The summed E-state index contributed by atoms with van der Waals surface area (Å²) in [5.41, 5.74) is 0.860. The zero-order valence-corrected chi connectivity index (χ0v) is 13.4. The van der Waals surface area contributed by atoms with Gasteiger partial charge >= 0.3 is 0 Å². The lowest BCUT2D eigenvalue weighted by Crippen LogP contribution is -2.26. The van der Waals surface area contributed by atoms with Crippen LogP contribution in [0.1, 0.15) is 30.7 Å². The number of nitrogens with one attached hydrogen (secondary N) is 1. The Morgan fingerprint density at radius 1 is 1.23 bits per heavy atom. The van der Waals surface area contributed by atoms with Crippen molar-refractivity contribution in [1.29, 1.82) is 0 Å². The molecule has 0 aliphatic carbocycles. The van der Waals surface area contributed by atoms with Crippen LogP contribution in [0.3, 0.4) is 0 Å². The minimum atomic E-state index is -3.20. The van der Waals surface area contributed by atoms with Crippen molar-refractivity contribution in [2.24, 2.45) is 0 Å². The molecule has 1 heterocycles. The van der Waals surface area contributed by atoms with E-state index in [0.29, 0.717) is 12.8 Å². The summed E-state index contributed by atoms with van der Waals surface area (Å²) >= 11 is 0. The predicted molar refractivity (Wildman–Crippen MR) is 83.1 cm³/mol. The van der Waals surface area contributed by atoms with Crippen LogP contribution in [0.2, 0.25) is 0 Å². The summed E-state index contributed by atoms with van der Waals surface area (Å²) in [5, 5.41) is 2.89. The summed E-state index contributed by atoms with van der Waals surface area (Å²) in [4.78, 5) is 12.2. The highest BCUT2D eigenvalue weighted by Gasteiger charge is 2.12. The number of carbonyl (C=O) groups is 1. The fraction of sp³-hybridized carbons (Fsp3) is 0.312. The average molecular weight is 321 g/mol. The van der Waals surface area contributed by atoms with Crippen molar-refractivity contribution in [2.75, 3.05) is 6.26 Å². The Kier molecular flexibility index (Phi) is 5.03. The molecule has 118 valence electrons. The second-order valence-corrected chi connectivity index (χ2v) is 7.23. The van der Waals surface area contributed by atoms with Crippen molar-refractivity contribution < 1.29 is 17.6 Å². The van der Waals surface area contributed by atoms with Gasteiger partial charge in [-0.1, -0.05) is 12.1 Å². The number of amides is 1. The van der Waals surface area contributed by atoms with Crippen LogP contribution in [-0.2, 0) is 21.1 Å². The summed E-state index contributed by atoms with van der Waals surface area (Å²) in [5.74, 6) is 0.705. The van der Waals surface area contributed by atoms with Crippen LogP contribution in [0, 0.1) is 0 Å². The summed E-state index contributed by atoms with van der Waals surface area (Å²) < 4.78 is 28.0. The smallest absolute Gasteiger partial charge is 0.220 e. The molecule has 0 saturated heterocycles. The fourth-order valence-electron chi connectivity index (χ4n) is 2.09. The van der Waals surface area contributed by atoms with Gasteiger partial charge in [-0.2, -0.15) is 0 Å². The zero-order chi connectivity index (χ0) is 16.2. The van der Waals surface area contributed by atoms with E-state index in [0.717, 1.165) is 11.3 Å². The lowest BCUT2D eigenvalue weighted by atomic mass is 10.1. The Bertz CT molecular complexity index is 718. The van der Waals surface area contributed by atoms with E-state index in [2.05, 4.69) is 5.32 Å². The zero-order valence-electron chi connectivity index (χ0n) is 12.6. The molecule has 5 nitrogen and oxygen atoms in total. The number of benzene rings is 1. The van der Waals surface area contributed by atoms with Crippen LogP contribution in [-0.4, -0.2) is 20.6 Å². The number of aryl methyl sites for hydroxylation is 1. The van der Waals surface area contributed by atoms with E-state index in [9.17, 15) is 13.2 Å². The molecule has 1 aromatic heterocycles. The second kappa shape index (κ2) is 6.79. The Hall–Kier alpha value is -2.08. The summed E-state index contributed by atoms with van der Waals surface area (Å²) in [6, 6.07) is 9.98. The van der Waals surface area contributed by atoms with Crippen LogP contribution in [0.5, 0.6) is 0 Å². The highest BCUT2D eigenvalue weighted by Crippen LogP contribution is 2.16. The topological polar surface area (TPSA) is 76.4 Å². The molecule has 1 aromatic carbocycles. The van der Waals surface area contributed by atoms with E-state index >= 15 is 0 Å². The Balaban J connectivity index is 1.91. The van der Waals surface area contributed by atoms with Gasteiger partial charge in [0.2, 0.25) is 5.91 Å². The van der Waals surface area contributed by atoms with E-state index in [-0.39, 0.29) is 16.8 Å². The van der Waals surface area contributed by atoms with Gasteiger partial charge in [-0.05, 0) is 36.8 Å². The maximum absolute atomic E-state index is 11.9. The monoisotopic (exact) mass is 321 g/mol. The van der Waals surface area contributed by atoms with Gasteiger partial charge in [0.25, 0.3) is 0 Å². The molecule has 0 radical (unpaired) electrons. The Labute approximate surface area is 130 Å². The number of rotatable bonds is 6. The van der Waals surface area contributed by atoms with Crippen molar-refractivity contribution in [1.82, 2.24) is 5.32 Å². The molecule has 0 bridgehead atoms. The Morgan fingerprint density at radius 2 is 1.91 bits per heavy atom. The lowest BCUT2D eigenvalue weighted by molar-refractivity contribution is -0.121. The van der Waals surface area contributed by atoms with Crippen LogP contribution in [0.4, 0.5) is 0 Å². The SMILES string of the molecule is CC(NC(=O)CCc1ccco1)c1ccc(S(C)(=O)=O)cc1. The van der Waals surface area contributed by atoms with E-state index in [1.54, 1.807) is 36.6 Å². The first-order valence-corrected chi connectivity index (χ1v) is 8.87.